The van der Waals surface area contributed by atoms with Gasteiger partial charge in [-0.3, -0.25) is 14.3 Å². The minimum Gasteiger partial charge on any atom is -0.352 e. The number of hydrogen-bond donors (Lipinski definition) is 1. The zero-order valence-electron chi connectivity index (χ0n) is 19.8. The van der Waals surface area contributed by atoms with E-state index < -0.39 is 0 Å². The van der Waals surface area contributed by atoms with Crippen LogP contribution in [0.15, 0.2) is 66.9 Å². The molecule has 0 aliphatic heterocycles. The van der Waals surface area contributed by atoms with Gasteiger partial charge in [0.05, 0.1) is 18.8 Å². The van der Waals surface area contributed by atoms with E-state index in [0.29, 0.717) is 13.1 Å². The molecule has 3 rings (SSSR count). The van der Waals surface area contributed by atoms with Gasteiger partial charge < -0.3 is 10.2 Å². The highest BCUT2D eigenvalue weighted by molar-refractivity contribution is 5.95. The molecule has 2 amide bonds. The number of rotatable bonds is 9. The predicted octanol–water partition coefficient (Wildman–Crippen LogP) is 4.29. The van der Waals surface area contributed by atoms with E-state index >= 15 is 0 Å². The molecule has 0 atom stereocenters. The fourth-order valence-corrected chi connectivity index (χ4v) is 3.50. The van der Waals surface area contributed by atoms with Crippen molar-refractivity contribution in [2.45, 2.75) is 40.3 Å². The molecule has 0 aliphatic carbocycles. The molecule has 6 nitrogen and oxygen atoms in total. The smallest absolute Gasteiger partial charge is 0.247 e. The van der Waals surface area contributed by atoms with Gasteiger partial charge in [0.25, 0.3) is 0 Å². The van der Waals surface area contributed by atoms with E-state index in [1.165, 1.54) is 16.5 Å². The second kappa shape index (κ2) is 11.3. The van der Waals surface area contributed by atoms with Crippen molar-refractivity contribution in [1.29, 1.82) is 0 Å². The van der Waals surface area contributed by atoms with E-state index in [1.54, 1.807) is 6.08 Å². The number of aryl methyl sites for hydroxylation is 1. The first-order valence-corrected chi connectivity index (χ1v) is 11.3. The molecule has 0 spiro atoms. The van der Waals surface area contributed by atoms with Crippen LogP contribution in [0.3, 0.4) is 0 Å². The van der Waals surface area contributed by atoms with E-state index in [-0.39, 0.29) is 24.4 Å². The van der Waals surface area contributed by atoms with Gasteiger partial charge in [0, 0.05) is 36.0 Å². The molecule has 0 unspecified atom stereocenters. The van der Waals surface area contributed by atoms with Crippen LogP contribution in [0.4, 0.5) is 0 Å². The molecule has 0 radical (unpaired) electrons. The van der Waals surface area contributed by atoms with Crippen molar-refractivity contribution < 1.29 is 9.59 Å². The maximum absolute atomic E-state index is 12.8. The number of aromatic nitrogens is 2. The van der Waals surface area contributed by atoms with Gasteiger partial charge in [-0.05, 0) is 39.3 Å². The Hall–Kier alpha value is -3.67. The van der Waals surface area contributed by atoms with E-state index in [4.69, 9.17) is 5.10 Å². The molecule has 0 fully saturated rings. The summed E-state index contributed by atoms with van der Waals surface area (Å²) in [4.78, 5) is 26.4. The second-order valence-electron chi connectivity index (χ2n) is 8.39. The first kappa shape index (κ1) is 24.0. The van der Waals surface area contributed by atoms with Gasteiger partial charge in [0.1, 0.15) is 0 Å². The Bertz CT molecular complexity index is 1100. The maximum Gasteiger partial charge on any atom is 0.247 e. The SMILES string of the molecule is CCN(CC(=O)NC(C)C)C(=O)/C=C/c1cn(Cc2ccccc2)nc1-c1ccc(C)cc1. The fourth-order valence-electron chi connectivity index (χ4n) is 3.50. The largest absolute Gasteiger partial charge is 0.352 e. The summed E-state index contributed by atoms with van der Waals surface area (Å²) in [6.07, 6.45) is 5.26. The van der Waals surface area contributed by atoms with Gasteiger partial charge in [-0.15, -0.1) is 0 Å². The van der Waals surface area contributed by atoms with Crippen LogP contribution in [0.25, 0.3) is 17.3 Å². The Balaban J connectivity index is 1.85. The van der Waals surface area contributed by atoms with Crippen molar-refractivity contribution in [3.8, 4) is 11.3 Å². The van der Waals surface area contributed by atoms with Gasteiger partial charge in [-0.1, -0.05) is 60.2 Å². The molecular weight excluding hydrogens is 412 g/mol. The van der Waals surface area contributed by atoms with Gasteiger partial charge in [-0.2, -0.15) is 5.10 Å². The van der Waals surface area contributed by atoms with Gasteiger partial charge in [0.15, 0.2) is 0 Å². The third-order valence-electron chi connectivity index (χ3n) is 5.19. The first-order valence-electron chi connectivity index (χ1n) is 11.3. The summed E-state index contributed by atoms with van der Waals surface area (Å²) in [5.41, 5.74) is 4.98. The number of hydrogen-bond acceptors (Lipinski definition) is 3. The number of benzene rings is 2. The molecule has 0 aliphatic rings. The predicted molar refractivity (Wildman–Crippen MR) is 133 cm³/mol. The minimum atomic E-state index is -0.206. The van der Waals surface area contributed by atoms with Crippen molar-refractivity contribution in [3.63, 3.8) is 0 Å². The molecule has 2 aromatic carbocycles. The Labute approximate surface area is 195 Å². The van der Waals surface area contributed by atoms with Crippen LogP contribution in [0.2, 0.25) is 0 Å². The Kier molecular flexibility index (Phi) is 8.19. The van der Waals surface area contributed by atoms with Gasteiger partial charge >= 0.3 is 0 Å². The van der Waals surface area contributed by atoms with E-state index in [1.807, 2.05) is 68.9 Å². The van der Waals surface area contributed by atoms with Crippen LogP contribution in [-0.2, 0) is 16.1 Å². The summed E-state index contributed by atoms with van der Waals surface area (Å²) < 4.78 is 1.89. The summed E-state index contributed by atoms with van der Waals surface area (Å²) >= 11 is 0. The fraction of sp³-hybridized carbons (Fsp3) is 0.296. The minimum absolute atomic E-state index is 0.0365. The van der Waals surface area contributed by atoms with Crippen LogP contribution >= 0.6 is 0 Å². The second-order valence-corrected chi connectivity index (χ2v) is 8.39. The van der Waals surface area contributed by atoms with Crippen molar-refractivity contribution in [2.75, 3.05) is 13.1 Å². The summed E-state index contributed by atoms with van der Waals surface area (Å²) in [6.45, 7) is 8.84. The van der Waals surface area contributed by atoms with E-state index in [2.05, 4.69) is 29.6 Å². The number of amides is 2. The molecule has 172 valence electrons. The third kappa shape index (κ3) is 6.91. The molecular formula is C27H32N4O2. The lowest BCUT2D eigenvalue weighted by molar-refractivity contribution is -0.132. The van der Waals surface area contributed by atoms with Crippen LogP contribution in [0.5, 0.6) is 0 Å². The highest BCUT2D eigenvalue weighted by Gasteiger charge is 2.15. The standard InChI is InChI=1S/C27H32N4O2/c1-5-30(19-25(32)28-20(2)3)26(33)16-15-24-18-31(17-22-9-7-6-8-10-22)29-27(24)23-13-11-21(4)12-14-23/h6-16,18,20H,5,17,19H2,1-4H3,(H,28,32)/b16-15+. The summed E-state index contributed by atoms with van der Waals surface area (Å²) in [7, 11) is 0. The summed E-state index contributed by atoms with van der Waals surface area (Å²) in [6, 6.07) is 18.4. The van der Waals surface area contributed by atoms with Crippen molar-refractivity contribution in [3.05, 3.63) is 83.6 Å². The molecule has 6 heteroatoms. The average molecular weight is 445 g/mol. The lowest BCUT2D eigenvalue weighted by Gasteiger charge is -2.19. The van der Waals surface area contributed by atoms with E-state index in [9.17, 15) is 9.59 Å². The number of nitrogens with zero attached hydrogens (tertiary/aromatic N) is 3. The summed E-state index contributed by atoms with van der Waals surface area (Å²) in [5, 5.41) is 7.63. The normalized spacial score (nSPS) is 11.2. The molecule has 3 aromatic rings. The Morgan fingerprint density at radius 2 is 1.79 bits per heavy atom. The van der Waals surface area contributed by atoms with Crippen molar-refractivity contribution in [2.24, 2.45) is 0 Å². The highest BCUT2D eigenvalue weighted by Crippen LogP contribution is 2.24. The van der Waals surface area contributed by atoms with Gasteiger partial charge in [0.2, 0.25) is 11.8 Å². The summed E-state index contributed by atoms with van der Waals surface area (Å²) in [5.74, 6) is -0.369. The number of nitrogens with one attached hydrogen (secondary N) is 1. The molecule has 0 bridgehead atoms. The van der Waals surface area contributed by atoms with Gasteiger partial charge in [-0.25, -0.2) is 0 Å². The van der Waals surface area contributed by atoms with Crippen molar-refractivity contribution in [1.82, 2.24) is 20.0 Å². The molecule has 1 heterocycles. The topological polar surface area (TPSA) is 67.2 Å². The lowest BCUT2D eigenvalue weighted by Crippen LogP contribution is -2.42. The molecule has 0 saturated carbocycles. The monoisotopic (exact) mass is 444 g/mol. The third-order valence-corrected chi connectivity index (χ3v) is 5.19. The molecule has 33 heavy (non-hydrogen) atoms. The number of carbonyl (C=O) groups is 2. The van der Waals surface area contributed by atoms with E-state index in [0.717, 1.165) is 22.4 Å². The number of carbonyl (C=O) groups excluding carboxylic acids is 2. The maximum atomic E-state index is 12.8. The Morgan fingerprint density at radius 1 is 1.09 bits per heavy atom. The van der Waals surface area contributed by atoms with Crippen LogP contribution in [-0.4, -0.2) is 45.6 Å². The first-order chi connectivity index (χ1) is 15.9. The van der Waals surface area contributed by atoms with Crippen LogP contribution in [0.1, 0.15) is 37.5 Å². The number of likely N-dealkylation sites (N-methyl/N-ethyl adjacent to an activating group) is 1. The average Bonchev–Trinajstić information content (AvgIpc) is 3.19. The van der Waals surface area contributed by atoms with Crippen LogP contribution < -0.4 is 5.32 Å². The quantitative estimate of drug-likeness (QED) is 0.501. The molecule has 1 aromatic heterocycles. The molecule has 0 saturated heterocycles. The lowest BCUT2D eigenvalue weighted by atomic mass is 10.1. The zero-order valence-corrected chi connectivity index (χ0v) is 19.8. The highest BCUT2D eigenvalue weighted by atomic mass is 16.2. The molecule has 1 N–H and O–H groups in total. The Morgan fingerprint density at radius 3 is 2.42 bits per heavy atom. The van der Waals surface area contributed by atoms with Crippen molar-refractivity contribution >= 4 is 17.9 Å². The zero-order chi connectivity index (χ0) is 23.8. The van der Waals surface area contributed by atoms with Crippen LogP contribution in [0, 0.1) is 6.92 Å².